The van der Waals surface area contributed by atoms with Gasteiger partial charge in [-0.15, -0.1) is 0 Å². The summed E-state index contributed by atoms with van der Waals surface area (Å²) in [6, 6.07) is 3.05. The van der Waals surface area contributed by atoms with Crippen LogP contribution in [-0.2, 0) is 0 Å². The number of aromatic hydroxyl groups is 1. The van der Waals surface area contributed by atoms with Crippen LogP contribution in [0.4, 0.5) is 5.82 Å². The Morgan fingerprint density at radius 1 is 1.50 bits per heavy atom. The van der Waals surface area contributed by atoms with Crippen LogP contribution in [0.25, 0.3) is 11.1 Å². The molecule has 2 aromatic rings. The van der Waals surface area contributed by atoms with Gasteiger partial charge in [0.1, 0.15) is 11.3 Å². The number of nitrogens with zero attached hydrogens (tertiary/aromatic N) is 1. The normalized spacial score (nSPS) is 10.9. The minimum atomic E-state index is -0.158. The molecule has 2 rings (SSSR count). The molecule has 0 aliphatic heterocycles. The van der Waals surface area contributed by atoms with Crippen LogP contribution in [0.1, 0.15) is 0 Å². The van der Waals surface area contributed by atoms with Gasteiger partial charge in [-0.05, 0) is 0 Å². The molecule has 0 bridgehead atoms. The third-order valence-corrected chi connectivity index (χ3v) is 1.89. The fourth-order valence-corrected chi connectivity index (χ4v) is 1.34. The topological polar surface area (TPSA) is 96.6 Å². The van der Waals surface area contributed by atoms with Gasteiger partial charge in [0.25, 0.3) is 5.95 Å². The maximum absolute atomic E-state index is 9.09. The average Bonchev–Trinajstić information content (AvgIpc) is 2.58. The SMILES string of the molecule is Nc1cc2oc(O)cc2n1NCCO. The van der Waals surface area contributed by atoms with Crippen LogP contribution >= 0.6 is 0 Å². The molecule has 0 aromatic carbocycles. The Kier molecular flexibility index (Phi) is 1.97. The summed E-state index contributed by atoms with van der Waals surface area (Å²) in [5.74, 6) is 0.307. The van der Waals surface area contributed by atoms with Gasteiger partial charge in [0.2, 0.25) is 0 Å². The number of hydrogen-bond donors (Lipinski definition) is 4. The molecule has 5 N–H and O–H groups in total. The number of furan rings is 1. The number of aromatic nitrogens is 1. The fourth-order valence-electron chi connectivity index (χ4n) is 1.34. The molecule has 6 heteroatoms. The molecule has 0 aliphatic rings. The summed E-state index contributed by atoms with van der Waals surface area (Å²) in [4.78, 5) is 0. The Balaban J connectivity index is 2.43. The predicted octanol–water partition coefficient (Wildman–Crippen LogP) is 0.0579. The van der Waals surface area contributed by atoms with Crippen molar-refractivity contribution < 1.29 is 14.6 Å². The van der Waals surface area contributed by atoms with E-state index in [2.05, 4.69) is 5.43 Å². The van der Waals surface area contributed by atoms with Gasteiger partial charge in [-0.2, -0.15) is 0 Å². The van der Waals surface area contributed by atoms with Crippen LogP contribution in [0.3, 0.4) is 0 Å². The van der Waals surface area contributed by atoms with E-state index in [1.165, 1.54) is 6.07 Å². The number of aliphatic hydroxyl groups excluding tert-OH is 1. The third kappa shape index (κ3) is 1.25. The number of nitrogens with two attached hydrogens (primary N) is 1. The van der Waals surface area contributed by atoms with Gasteiger partial charge in [-0.1, -0.05) is 0 Å². The molecule has 2 heterocycles. The summed E-state index contributed by atoms with van der Waals surface area (Å²) in [7, 11) is 0. The smallest absolute Gasteiger partial charge is 0.284 e. The van der Waals surface area contributed by atoms with E-state index in [-0.39, 0.29) is 12.6 Å². The maximum Gasteiger partial charge on any atom is 0.284 e. The predicted molar refractivity (Wildman–Crippen MR) is 51.6 cm³/mol. The number of aliphatic hydroxyl groups is 1. The minimum Gasteiger partial charge on any atom is -0.481 e. The van der Waals surface area contributed by atoms with Crippen molar-refractivity contribution in [1.82, 2.24) is 4.68 Å². The van der Waals surface area contributed by atoms with Gasteiger partial charge in [0, 0.05) is 12.1 Å². The van der Waals surface area contributed by atoms with Crippen LogP contribution in [0.2, 0.25) is 0 Å². The van der Waals surface area contributed by atoms with Crippen molar-refractivity contribution in [2.45, 2.75) is 0 Å². The molecular weight excluding hydrogens is 186 g/mol. The van der Waals surface area contributed by atoms with Gasteiger partial charge in [0.15, 0.2) is 5.58 Å². The van der Waals surface area contributed by atoms with E-state index in [0.29, 0.717) is 23.5 Å². The van der Waals surface area contributed by atoms with Crippen LogP contribution in [0, 0.1) is 0 Å². The number of fused-ring (bicyclic) bond motifs is 1. The number of nitrogen functional groups attached to an aromatic ring is 1. The molecule has 14 heavy (non-hydrogen) atoms. The van der Waals surface area contributed by atoms with E-state index < -0.39 is 0 Å². The molecule has 76 valence electrons. The van der Waals surface area contributed by atoms with Gasteiger partial charge in [-0.3, -0.25) is 0 Å². The Bertz CT molecular complexity index is 446. The molecule has 0 unspecified atom stereocenters. The molecule has 0 fully saturated rings. The lowest BCUT2D eigenvalue weighted by atomic mass is 10.5. The van der Waals surface area contributed by atoms with Crippen molar-refractivity contribution in [2.24, 2.45) is 0 Å². The molecule has 0 radical (unpaired) electrons. The largest absolute Gasteiger partial charge is 0.481 e. The van der Waals surface area contributed by atoms with Gasteiger partial charge in [0.05, 0.1) is 13.2 Å². The first kappa shape index (κ1) is 8.76. The second-order valence-corrected chi connectivity index (χ2v) is 2.87. The van der Waals surface area contributed by atoms with Crippen molar-refractivity contribution in [1.29, 1.82) is 0 Å². The van der Waals surface area contributed by atoms with E-state index in [9.17, 15) is 0 Å². The molecular formula is C8H11N3O3. The third-order valence-electron chi connectivity index (χ3n) is 1.89. The molecule has 2 aromatic heterocycles. The van der Waals surface area contributed by atoms with Crippen molar-refractivity contribution in [3.05, 3.63) is 12.1 Å². The Morgan fingerprint density at radius 2 is 2.29 bits per heavy atom. The van der Waals surface area contributed by atoms with Crippen LogP contribution < -0.4 is 11.2 Å². The molecule has 0 aliphatic carbocycles. The highest BCUT2D eigenvalue weighted by Crippen LogP contribution is 2.27. The molecule has 0 saturated carbocycles. The van der Waals surface area contributed by atoms with Crippen molar-refractivity contribution in [2.75, 3.05) is 24.3 Å². The van der Waals surface area contributed by atoms with E-state index in [0.717, 1.165) is 0 Å². The highest BCUT2D eigenvalue weighted by atomic mass is 16.5. The van der Waals surface area contributed by atoms with Crippen LogP contribution in [0.15, 0.2) is 16.5 Å². The minimum absolute atomic E-state index is 0.00292. The number of anilines is 1. The van der Waals surface area contributed by atoms with Crippen molar-refractivity contribution in [3.63, 3.8) is 0 Å². The Morgan fingerprint density at radius 3 is 3.00 bits per heavy atom. The van der Waals surface area contributed by atoms with Crippen LogP contribution in [-0.4, -0.2) is 28.0 Å². The molecule has 6 nitrogen and oxygen atoms in total. The zero-order valence-electron chi connectivity index (χ0n) is 7.40. The van der Waals surface area contributed by atoms with E-state index in [1.807, 2.05) is 0 Å². The lowest BCUT2D eigenvalue weighted by molar-refractivity contribution is 0.307. The quantitative estimate of drug-likeness (QED) is 0.557. The fraction of sp³-hybridized carbons (Fsp3) is 0.250. The highest BCUT2D eigenvalue weighted by Gasteiger charge is 2.10. The van der Waals surface area contributed by atoms with E-state index in [1.54, 1.807) is 10.7 Å². The Hall–Kier alpha value is -1.82. The monoisotopic (exact) mass is 197 g/mol. The maximum atomic E-state index is 9.09. The second-order valence-electron chi connectivity index (χ2n) is 2.87. The lowest BCUT2D eigenvalue weighted by Gasteiger charge is -2.07. The highest BCUT2D eigenvalue weighted by molar-refractivity contribution is 5.81. The molecule has 0 atom stereocenters. The van der Waals surface area contributed by atoms with E-state index in [4.69, 9.17) is 20.4 Å². The van der Waals surface area contributed by atoms with Crippen molar-refractivity contribution >= 4 is 16.9 Å². The summed E-state index contributed by atoms with van der Waals surface area (Å²) in [6.45, 7) is 0.378. The molecule has 0 amide bonds. The van der Waals surface area contributed by atoms with Crippen molar-refractivity contribution in [3.8, 4) is 5.95 Å². The zero-order chi connectivity index (χ0) is 10.1. The summed E-state index contributed by atoms with van der Waals surface area (Å²) < 4.78 is 6.51. The molecule has 0 saturated heterocycles. The average molecular weight is 197 g/mol. The van der Waals surface area contributed by atoms with Gasteiger partial charge >= 0.3 is 0 Å². The molecule has 0 spiro atoms. The number of nitrogens with one attached hydrogen (secondary N) is 1. The first-order chi connectivity index (χ1) is 6.72. The summed E-state index contributed by atoms with van der Waals surface area (Å²) in [5.41, 5.74) is 9.69. The van der Waals surface area contributed by atoms with Gasteiger partial charge in [-0.25, -0.2) is 4.68 Å². The van der Waals surface area contributed by atoms with E-state index >= 15 is 0 Å². The van der Waals surface area contributed by atoms with Gasteiger partial charge < -0.3 is 25.8 Å². The summed E-state index contributed by atoms with van der Waals surface area (Å²) in [6.07, 6.45) is 0. The Labute approximate surface area is 79.5 Å². The lowest BCUT2D eigenvalue weighted by Crippen LogP contribution is -2.19. The number of rotatable bonds is 3. The summed E-state index contributed by atoms with van der Waals surface area (Å²) >= 11 is 0. The number of hydrogen-bond acceptors (Lipinski definition) is 5. The first-order valence-electron chi connectivity index (χ1n) is 4.17. The van der Waals surface area contributed by atoms with Crippen LogP contribution in [0.5, 0.6) is 5.95 Å². The standard InChI is InChI=1S/C8H11N3O3/c9-7-4-6-5(3-8(13)14-6)11(7)10-1-2-12/h3-4,10,12-13H,1-2,9H2. The second kappa shape index (κ2) is 3.15. The first-order valence-corrected chi connectivity index (χ1v) is 4.17. The zero-order valence-corrected chi connectivity index (χ0v) is 7.40. The summed E-state index contributed by atoms with van der Waals surface area (Å²) in [5, 5.41) is 17.7.